The van der Waals surface area contributed by atoms with Gasteiger partial charge in [-0.1, -0.05) is 6.07 Å². The second kappa shape index (κ2) is 7.23. The maximum Gasteiger partial charge on any atom is 0.338 e. The molecule has 0 bridgehead atoms. The molecule has 1 heterocycles. The van der Waals surface area contributed by atoms with Crippen LogP contribution in [-0.4, -0.2) is 36.7 Å². The number of halogens is 1. The number of nitrogens with one attached hydrogen (secondary N) is 2. The average Bonchev–Trinajstić information content (AvgIpc) is 2.55. The molecule has 124 valence electrons. The van der Waals surface area contributed by atoms with Crippen molar-refractivity contribution in [3.05, 3.63) is 35.0 Å². The van der Waals surface area contributed by atoms with Crippen molar-refractivity contribution in [2.75, 3.05) is 19.6 Å². The molecule has 0 saturated carbocycles. The number of phenolic OH excluding ortho intramolecular Hbond substituents is 1. The van der Waals surface area contributed by atoms with Crippen LogP contribution in [0.25, 0.3) is 0 Å². The molecule has 0 aromatic heterocycles. The number of urea groups is 1. The van der Waals surface area contributed by atoms with E-state index in [1.54, 1.807) is 19.1 Å². The molecule has 7 nitrogen and oxygen atoms in total. The van der Waals surface area contributed by atoms with Crippen LogP contribution in [0.3, 0.4) is 0 Å². The highest BCUT2D eigenvalue weighted by Crippen LogP contribution is 2.34. The molecule has 1 aliphatic heterocycles. The van der Waals surface area contributed by atoms with Crippen LogP contribution in [0.4, 0.5) is 4.79 Å². The van der Waals surface area contributed by atoms with Crippen molar-refractivity contribution in [2.45, 2.75) is 13.0 Å². The number of alkyl halides is 1. The third kappa shape index (κ3) is 3.50. The summed E-state index contributed by atoms with van der Waals surface area (Å²) in [4.78, 5) is 23.9. The molecule has 0 saturated heterocycles. The number of carbonyl (C=O) groups excluding carboxylic acids is 2. The van der Waals surface area contributed by atoms with E-state index < -0.39 is 18.0 Å². The van der Waals surface area contributed by atoms with Gasteiger partial charge in [-0.25, -0.2) is 9.59 Å². The van der Waals surface area contributed by atoms with Crippen LogP contribution in [0, 0.1) is 0 Å². The molecule has 3 N–H and O–H groups in total. The van der Waals surface area contributed by atoms with E-state index in [0.717, 1.165) is 0 Å². The molecule has 0 aliphatic carbocycles. The second-order valence-electron chi connectivity index (χ2n) is 4.71. The Labute approximate surface area is 138 Å². The molecular weight excluding hydrogens is 324 g/mol. The van der Waals surface area contributed by atoms with Crippen LogP contribution < -0.4 is 15.4 Å². The molecule has 8 heteroatoms. The van der Waals surface area contributed by atoms with Crippen LogP contribution in [0.2, 0.25) is 0 Å². The largest absolute Gasteiger partial charge is 0.504 e. The standard InChI is InChI=1S/C15H17ClN2O5/c1-3-23-11-6-8(4-5-10(11)19)13-12(14(20)22-2)9(7-16)17-15(21)18-13/h4-6,13,19H,3,7H2,1-2H3,(H2,17,18,21). The van der Waals surface area contributed by atoms with E-state index in [0.29, 0.717) is 12.2 Å². The van der Waals surface area contributed by atoms with Crippen molar-refractivity contribution in [3.63, 3.8) is 0 Å². The SMILES string of the molecule is CCOc1cc(C2NC(=O)NC(CCl)=C2C(=O)OC)ccc1O. The van der Waals surface area contributed by atoms with Gasteiger partial charge >= 0.3 is 12.0 Å². The number of amides is 2. The van der Waals surface area contributed by atoms with E-state index in [9.17, 15) is 14.7 Å². The van der Waals surface area contributed by atoms with Crippen molar-refractivity contribution in [1.29, 1.82) is 0 Å². The Morgan fingerprint density at radius 1 is 1.43 bits per heavy atom. The summed E-state index contributed by atoms with van der Waals surface area (Å²) in [5, 5.41) is 14.9. The number of methoxy groups -OCH3 is 1. The molecule has 1 atom stereocenters. The molecule has 23 heavy (non-hydrogen) atoms. The third-order valence-electron chi connectivity index (χ3n) is 3.31. The van der Waals surface area contributed by atoms with Crippen LogP contribution in [-0.2, 0) is 9.53 Å². The highest BCUT2D eigenvalue weighted by molar-refractivity contribution is 6.20. The lowest BCUT2D eigenvalue weighted by molar-refractivity contribution is -0.136. The van der Waals surface area contributed by atoms with E-state index >= 15 is 0 Å². The zero-order chi connectivity index (χ0) is 17.0. The molecule has 1 aromatic carbocycles. The Bertz CT molecular complexity index is 659. The van der Waals surface area contributed by atoms with Crippen molar-refractivity contribution >= 4 is 23.6 Å². The van der Waals surface area contributed by atoms with Gasteiger partial charge in [0.05, 0.1) is 31.2 Å². The second-order valence-corrected chi connectivity index (χ2v) is 4.98. The van der Waals surface area contributed by atoms with Crippen LogP contribution in [0.1, 0.15) is 18.5 Å². The van der Waals surface area contributed by atoms with Gasteiger partial charge in [-0.05, 0) is 24.6 Å². The summed E-state index contributed by atoms with van der Waals surface area (Å²) < 4.78 is 10.1. The van der Waals surface area contributed by atoms with Crippen molar-refractivity contribution < 1.29 is 24.2 Å². The van der Waals surface area contributed by atoms with Gasteiger partial charge in [-0.3, -0.25) is 0 Å². The molecule has 0 fully saturated rings. The monoisotopic (exact) mass is 340 g/mol. The fourth-order valence-electron chi connectivity index (χ4n) is 2.31. The topological polar surface area (TPSA) is 96.9 Å². The lowest BCUT2D eigenvalue weighted by atomic mass is 9.95. The zero-order valence-electron chi connectivity index (χ0n) is 12.7. The number of hydrogen-bond acceptors (Lipinski definition) is 5. The fraction of sp³-hybridized carbons (Fsp3) is 0.333. The number of aromatic hydroxyl groups is 1. The summed E-state index contributed by atoms with van der Waals surface area (Å²) in [6.45, 7) is 2.14. The number of carbonyl (C=O) groups is 2. The van der Waals surface area contributed by atoms with Gasteiger partial charge in [0.2, 0.25) is 0 Å². The average molecular weight is 341 g/mol. The van der Waals surface area contributed by atoms with Crippen LogP contribution in [0.5, 0.6) is 11.5 Å². The fourth-order valence-corrected chi connectivity index (χ4v) is 2.52. The van der Waals surface area contributed by atoms with Crippen LogP contribution in [0.15, 0.2) is 29.5 Å². The number of rotatable bonds is 5. The van der Waals surface area contributed by atoms with Gasteiger partial charge in [-0.2, -0.15) is 0 Å². The van der Waals surface area contributed by atoms with E-state index in [-0.39, 0.29) is 28.6 Å². The first-order valence-electron chi connectivity index (χ1n) is 6.92. The number of phenols is 1. The van der Waals surface area contributed by atoms with Gasteiger partial charge in [0.1, 0.15) is 0 Å². The maximum atomic E-state index is 12.1. The first-order valence-corrected chi connectivity index (χ1v) is 7.45. The van der Waals surface area contributed by atoms with Crippen molar-refractivity contribution in [3.8, 4) is 11.5 Å². The van der Waals surface area contributed by atoms with E-state index in [1.807, 2.05) is 0 Å². The molecule has 2 rings (SSSR count). The Morgan fingerprint density at radius 2 is 2.17 bits per heavy atom. The highest BCUT2D eigenvalue weighted by atomic mass is 35.5. The molecule has 0 radical (unpaired) electrons. The van der Waals surface area contributed by atoms with Crippen LogP contribution >= 0.6 is 11.6 Å². The quantitative estimate of drug-likeness (QED) is 0.561. The lowest BCUT2D eigenvalue weighted by Crippen LogP contribution is -2.46. The summed E-state index contributed by atoms with van der Waals surface area (Å²) in [6, 6.07) is 3.34. The molecule has 1 aliphatic rings. The molecule has 1 unspecified atom stereocenters. The number of benzene rings is 1. The summed E-state index contributed by atoms with van der Waals surface area (Å²) in [6.07, 6.45) is 0. The Balaban J connectivity index is 2.52. The maximum absolute atomic E-state index is 12.1. The van der Waals surface area contributed by atoms with Crippen molar-refractivity contribution in [1.82, 2.24) is 10.6 Å². The minimum Gasteiger partial charge on any atom is -0.504 e. The number of allylic oxidation sites excluding steroid dienone is 1. The summed E-state index contributed by atoms with van der Waals surface area (Å²) in [5.74, 6) is -0.430. The van der Waals surface area contributed by atoms with Gasteiger partial charge < -0.3 is 25.2 Å². The zero-order valence-corrected chi connectivity index (χ0v) is 13.4. The molecule has 2 amide bonds. The molecular formula is C15H17ClN2O5. The summed E-state index contributed by atoms with van der Waals surface area (Å²) in [5.41, 5.74) is 1.04. The third-order valence-corrected chi connectivity index (χ3v) is 3.58. The first-order chi connectivity index (χ1) is 11.0. The number of ether oxygens (including phenoxy) is 2. The lowest BCUT2D eigenvalue weighted by Gasteiger charge is -2.28. The van der Waals surface area contributed by atoms with Gasteiger partial charge in [-0.15, -0.1) is 11.6 Å². The van der Waals surface area contributed by atoms with Crippen molar-refractivity contribution in [2.24, 2.45) is 0 Å². The molecule has 1 aromatic rings. The molecule has 0 spiro atoms. The smallest absolute Gasteiger partial charge is 0.338 e. The van der Waals surface area contributed by atoms with E-state index in [1.165, 1.54) is 13.2 Å². The Morgan fingerprint density at radius 3 is 2.78 bits per heavy atom. The predicted octanol–water partition coefficient (Wildman–Crippen LogP) is 1.81. The normalized spacial score (nSPS) is 17.3. The Kier molecular flexibility index (Phi) is 5.33. The first kappa shape index (κ1) is 17.0. The summed E-state index contributed by atoms with van der Waals surface area (Å²) in [7, 11) is 1.25. The van der Waals surface area contributed by atoms with Gasteiger partial charge in [0.25, 0.3) is 0 Å². The number of esters is 1. The predicted molar refractivity (Wildman–Crippen MR) is 83.4 cm³/mol. The van der Waals surface area contributed by atoms with E-state index in [4.69, 9.17) is 21.1 Å². The van der Waals surface area contributed by atoms with Gasteiger partial charge in [0.15, 0.2) is 11.5 Å². The Hall–Kier alpha value is -2.41. The number of hydrogen-bond donors (Lipinski definition) is 3. The summed E-state index contributed by atoms with van der Waals surface area (Å²) >= 11 is 5.83. The van der Waals surface area contributed by atoms with E-state index in [2.05, 4.69) is 10.6 Å². The minimum absolute atomic E-state index is 0.0305. The highest BCUT2D eigenvalue weighted by Gasteiger charge is 2.33. The van der Waals surface area contributed by atoms with Gasteiger partial charge in [0, 0.05) is 5.70 Å². The minimum atomic E-state index is -0.759.